The summed E-state index contributed by atoms with van der Waals surface area (Å²) in [5.74, 6) is 1.10. The average molecular weight is 271 g/mol. The van der Waals surface area contributed by atoms with Gasteiger partial charge in [-0.25, -0.2) is 4.21 Å². The molecule has 0 saturated heterocycles. The van der Waals surface area contributed by atoms with Gasteiger partial charge in [0.1, 0.15) is 11.5 Å². The van der Waals surface area contributed by atoms with Gasteiger partial charge in [-0.15, -0.1) is 0 Å². The molecule has 0 radical (unpaired) electrons. The minimum Gasteiger partial charge on any atom is -0.496 e. The normalized spacial score (nSPS) is 11.8. The molecule has 0 fully saturated rings. The summed E-state index contributed by atoms with van der Waals surface area (Å²) in [5.41, 5.74) is 1.86. The Kier molecular flexibility index (Phi) is 5.18. The number of hydrogen-bond donors (Lipinski definition) is 2. The first-order valence-corrected chi connectivity index (χ1v) is 6.45. The van der Waals surface area contributed by atoms with Crippen molar-refractivity contribution in [1.29, 1.82) is 0 Å². The lowest BCUT2D eigenvalue weighted by atomic mass is 10.1. The van der Waals surface area contributed by atoms with Gasteiger partial charge in [0.25, 0.3) is 11.3 Å². The van der Waals surface area contributed by atoms with Crippen LogP contribution in [0.3, 0.4) is 0 Å². The van der Waals surface area contributed by atoms with Crippen molar-refractivity contribution in [2.45, 2.75) is 13.3 Å². The summed E-state index contributed by atoms with van der Waals surface area (Å²) in [7, 11) is 3.06. The lowest BCUT2D eigenvalue weighted by Gasteiger charge is -2.16. The molecule has 1 unspecified atom stereocenters. The monoisotopic (exact) mass is 271 g/mol. The summed E-state index contributed by atoms with van der Waals surface area (Å²) in [4.78, 5) is 0. The second kappa shape index (κ2) is 6.42. The van der Waals surface area contributed by atoms with Gasteiger partial charge in [0.05, 0.1) is 25.5 Å². The number of methoxy groups -OCH3 is 2. The fourth-order valence-corrected chi connectivity index (χ4v) is 1.94. The highest BCUT2D eigenvalue weighted by molar-refractivity contribution is 7.77. The van der Waals surface area contributed by atoms with Gasteiger partial charge in [0, 0.05) is 0 Å². The molecule has 1 rings (SSSR count). The summed E-state index contributed by atoms with van der Waals surface area (Å²) in [5, 5.41) is 0. The van der Waals surface area contributed by atoms with E-state index in [0.29, 0.717) is 17.1 Å². The van der Waals surface area contributed by atoms with Crippen LogP contribution in [0.25, 0.3) is 5.70 Å². The molecule has 18 heavy (non-hydrogen) atoms. The third kappa shape index (κ3) is 3.24. The molecule has 0 aliphatic carbocycles. The third-order valence-electron chi connectivity index (χ3n) is 2.49. The Morgan fingerprint density at radius 1 is 1.39 bits per heavy atom. The van der Waals surface area contributed by atoms with Crippen molar-refractivity contribution in [3.63, 3.8) is 0 Å². The van der Waals surface area contributed by atoms with Gasteiger partial charge in [-0.2, -0.15) is 0 Å². The molecule has 5 nitrogen and oxygen atoms in total. The van der Waals surface area contributed by atoms with Gasteiger partial charge < -0.3 is 9.47 Å². The zero-order chi connectivity index (χ0) is 13.7. The summed E-state index contributed by atoms with van der Waals surface area (Å²) >= 11 is -2.18. The molecule has 6 heteroatoms. The Balaban J connectivity index is 3.30. The molecule has 0 aromatic heterocycles. The van der Waals surface area contributed by atoms with Crippen molar-refractivity contribution < 1.29 is 18.2 Å². The third-order valence-corrected chi connectivity index (χ3v) is 2.91. The van der Waals surface area contributed by atoms with Crippen LogP contribution < -0.4 is 14.2 Å². The summed E-state index contributed by atoms with van der Waals surface area (Å²) < 4.78 is 32.5. The van der Waals surface area contributed by atoms with Crippen LogP contribution in [0.15, 0.2) is 18.7 Å². The molecule has 0 heterocycles. The van der Waals surface area contributed by atoms with Gasteiger partial charge in [0.15, 0.2) is 0 Å². The Bertz CT molecular complexity index is 448. The van der Waals surface area contributed by atoms with Crippen LogP contribution in [0.1, 0.15) is 18.1 Å². The van der Waals surface area contributed by atoms with Crippen LogP contribution in [0, 0.1) is 0 Å². The van der Waals surface area contributed by atoms with Crippen LogP contribution in [-0.2, 0) is 17.7 Å². The smallest absolute Gasteiger partial charge is 0.259 e. The van der Waals surface area contributed by atoms with Crippen molar-refractivity contribution in [3.05, 3.63) is 29.8 Å². The van der Waals surface area contributed by atoms with Gasteiger partial charge in [-0.05, 0) is 24.1 Å². The van der Waals surface area contributed by atoms with Crippen LogP contribution in [0.5, 0.6) is 11.5 Å². The van der Waals surface area contributed by atoms with E-state index in [9.17, 15) is 4.21 Å². The number of nitrogens with one attached hydrogen (secondary N) is 1. The predicted octanol–water partition coefficient (Wildman–Crippen LogP) is 1.96. The fraction of sp³-hybridized carbons (Fsp3) is 0.333. The van der Waals surface area contributed by atoms with E-state index < -0.39 is 11.3 Å². The lowest BCUT2D eigenvalue weighted by molar-refractivity contribution is 0.391. The van der Waals surface area contributed by atoms with Crippen molar-refractivity contribution in [2.75, 3.05) is 14.2 Å². The van der Waals surface area contributed by atoms with Crippen LogP contribution in [0.2, 0.25) is 0 Å². The van der Waals surface area contributed by atoms with Crippen LogP contribution in [0.4, 0.5) is 0 Å². The van der Waals surface area contributed by atoms with E-state index in [4.69, 9.17) is 14.0 Å². The molecular weight excluding hydrogens is 254 g/mol. The first kappa shape index (κ1) is 14.5. The maximum atomic E-state index is 10.8. The first-order valence-electron chi connectivity index (χ1n) is 5.35. The Hall–Kier alpha value is -1.53. The summed E-state index contributed by atoms with van der Waals surface area (Å²) in [6, 6.07) is 3.70. The summed E-state index contributed by atoms with van der Waals surface area (Å²) in [6.07, 6.45) is 0.832. The Morgan fingerprint density at radius 2 is 1.89 bits per heavy atom. The maximum Gasteiger partial charge on any atom is 0.259 e. The zero-order valence-corrected chi connectivity index (χ0v) is 11.5. The molecule has 2 N–H and O–H groups in total. The second-order valence-corrected chi connectivity index (χ2v) is 4.26. The standard InChI is InChI=1S/C12H17NO4S/c1-5-9-6-10(16-3)12(11(7-9)17-4)8(2)13-18(14)15/h6-7,13H,2,5H2,1,3-4H3,(H,14,15). The highest BCUT2D eigenvalue weighted by Gasteiger charge is 2.16. The van der Waals surface area contributed by atoms with E-state index in [2.05, 4.69) is 11.3 Å². The minimum atomic E-state index is -2.18. The molecule has 1 aromatic carbocycles. The lowest BCUT2D eigenvalue weighted by Crippen LogP contribution is -2.15. The predicted molar refractivity (Wildman–Crippen MR) is 71.9 cm³/mol. The van der Waals surface area contributed by atoms with E-state index in [1.165, 1.54) is 14.2 Å². The molecule has 1 aromatic rings. The van der Waals surface area contributed by atoms with Gasteiger partial charge >= 0.3 is 0 Å². The van der Waals surface area contributed by atoms with Crippen molar-refractivity contribution in [2.24, 2.45) is 0 Å². The average Bonchev–Trinajstić information content (AvgIpc) is 2.35. The fourth-order valence-electron chi connectivity index (χ4n) is 1.62. The SMILES string of the molecule is C=C(NS(=O)O)c1c(OC)cc(CC)cc1OC. The van der Waals surface area contributed by atoms with Crippen molar-refractivity contribution >= 4 is 17.0 Å². The molecule has 0 saturated carbocycles. The Morgan fingerprint density at radius 3 is 2.22 bits per heavy atom. The zero-order valence-electron chi connectivity index (χ0n) is 10.6. The second-order valence-electron chi connectivity index (χ2n) is 3.56. The van der Waals surface area contributed by atoms with Gasteiger partial charge in [0.2, 0.25) is 0 Å². The quantitative estimate of drug-likeness (QED) is 0.776. The Labute approximate surface area is 109 Å². The highest BCUT2D eigenvalue weighted by Crippen LogP contribution is 2.34. The number of rotatable bonds is 6. The molecule has 1 atom stereocenters. The van der Waals surface area contributed by atoms with Crippen molar-refractivity contribution in [3.8, 4) is 11.5 Å². The molecule has 0 aliphatic heterocycles. The first-order chi connectivity index (χ1) is 8.53. The summed E-state index contributed by atoms with van der Waals surface area (Å²) in [6.45, 7) is 5.73. The van der Waals surface area contributed by atoms with Crippen LogP contribution >= 0.6 is 0 Å². The van der Waals surface area contributed by atoms with Gasteiger partial charge in [-0.3, -0.25) is 9.27 Å². The number of hydrogen-bond acceptors (Lipinski definition) is 3. The molecule has 0 amide bonds. The van der Waals surface area contributed by atoms with Crippen molar-refractivity contribution in [1.82, 2.24) is 4.72 Å². The number of benzene rings is 1. The van der Waals surface area contributed by atoms with E-state index in [0.717, 1.165) is 12.0 Å². The van der Waals surface area contributed by atoms with E-state index in [-0.39, 0.29) is 5.70 Å². The molecule has 0 bridgehead atoms. The highest BCUT2D eigenvalue weighted by atomic mass is 32.2. The number of ether oxygens (including phenoxy) is 2. The van der Waals surface area contributed by atoms with E-state index in [1.54, 1.807) is 0 Å². The number of aryl methyl sites for hydroxylation is 1. The maximum absolute atomic E-state index is 10.8. The largest absolute Gasteiger partial charge is 0.496 e. The molecule has 100 valence electrons. The topological polar surface area (TPSA) is 67.8 Å². The van der Waals surface area contributed by atoms with Crippen LogP contribution in [-0.4, -0.2) is 23.0 Å². The van der Waals surface area contributed by atoms with E-state index >= 15 is 0 Å². The molecular formula is C12H17NO4S. The molecule has 0 aliphatic rings. The van der Waals surface area contributed by atoms with Gasteiger partial charge in [-0.1, -0.05) is 13.5 Å². The minimum absolute atomic E-state index is 0.271. The van der Waals surface area contributed by atoms with E-state index in [1.807, 2.05) is 19.1 Å². The molecule has 0 spiro atoms.